The van der Waals surface area contributed by atoms with Crippen LogP contribution >= 0.6 is 0 Å². The van der Waals surface area contributed by atoms with Crippen LogP contribution in [0, 0.1) is 5.92 Å². The summed E-state index contributed by atoms with van der Waals surface area (Å²) in [6.07, 6.45) is 5.74. The fourth-order valence-electron chi connectivity index (χ4n) is 2.40. The molecule has 2 rings (SSSR count). The van der Waals surface area contributed by atoms with E-state index in [9.17, 15) is 4.79 Å². The molecule has 1 aromatic heterocycles. The maximum atomic E-state index is 11.7. The first kappa shape index (κ1) is 13.1. The SMILES string of the molecule is CCOC(=O)[C@H]1CCCN(Cc2nccn2C)C1. The summed E-state index contributed by atoms with van der Waals surface area (Å²) in [5, 5.41) is 0. The summed E-state index contributed by atoms with van der Waals surface area (Å²) in [5.41, 5.74) is 0. The highest BCUT2D eigenvalue weighted by molar-refractivity contribution is 5.72. The molecule has 18 heavy (non-hydrogen) atoms. The molecule has 5 heteroatoms. The molecule has 1 saturated heterocycles. The molecule has 0 radical (unpaired) electrons. The molecular formula is C13H21N3O2. The Morgan fingerprint density at radius 1 is 1.61 bits per heavy atom. The van der Waals surface area contributed by atoms with Crippen LogP contribution in [0.3, 0.4) is 0 Å². The average Bonchev–Trinajstić information content (AvgIpc) is 2.76. The minimum absolute atomic E-state index is 0.0268. The van der Waals surface area contributed by atoms with E-state index in [1.165, 1.54) is 0 Å². The first-order chi connectivity index (χ1) is 8.70. The van der Waals surface area contributed by atoms with E-state index in [0.29, 0.717) is 6.61 Å². The second kappa shape index (κ2) is 6.00. The summed E-state index contributed by atoms with van der Waals surface area (Å²) < 4.78 is 7.12. The van der Waals surface area contributed by atoms with Gasteiger partial charge in [-0.05, 0) is 26.3 Å². The molecule has 0 saturated carbocycles. The van der Waals surface area contributed by atoms with Gasteiger partial charge in [0.2, 0.25) is 0 Å². The number of ether oxygens (including phenoxy) is 1. The van der Waals surface area contributed by atoms with E-state index in [4.69, 9.17) is 4.74 Å². The van der Waals surface area contributed by atoms with E-state index in [-0.39, 0.29) is 11.9 Å². The molecule has 0 unspecified atom stereocenters. The van der Waals surface area contributed by atoms with Gasteiger partial charge in [0, 0.05) is 26.0 Å². The third-order valence-corrected chi connectivity index (χ3v) is 3.41. The lowest BCUT2D eigenvalue weighted by molar-refractivity contribution is -0.150. The van der Waals surface area contributed by atoms with Gasteiger partial charge in [0.15, 0.2) is 0 Å². The van der Waals surface area contributed by atoms with Crippen molar-refractivity contribution < 1.29 is 9.53 Å². The van der Waals surface area contributed by atoms with Crippen LogP contribution in [0.5, 0.6) is 0 Å². The molecule has 0 aliphatic carbocycles. The smallest absolute Gasteiger partial charge is 0.310 e. The van der Waals surface area contributed by atoms with Crippen molar-refractivity contribution in [3.05, 3.63) is 18.2 Å². The van der Waals surface area contributed by atoms with E-state index in [1.807, 2.05) is 30.9 Å². The Morgan fingerprint density at radius 2 is 2.44 bits per heavy atom. The minimum atomic E-state index is -0.0537. The van der Waals surface area contributed by atoms with Crippen LogP contribution in [0.15, 0.2) is 12.4 Å². The number of hydrogen-bond donors (Lipinski definition) is 0. The normalized spacial score (nSPS) is 20.9. The number of aryl methyl sites for hydroxylation is 1. The lowest BCUT2D eigenvalue weighted by atomic mass is 9.98. The molecule has 1 fully saturated rings. The van der Waals surface area contributed by atoms with Crippen molar-refractivity contribution in [2.45, 2.75) is 26.3 Å². The van der Waals surface area contributed by atoms with Crippen LogP contribution in [-0.4, -0.2) is 40.1 Å². The highest BCUT2D eigenvalue weighted by atomic mass is 16.5. The van der Waals surface area contributed by atoms with E-state index in [2.05, 4.69) is 9.88 Å². The molecule has 1 aliphatic rings. The molecule has 0 spiro atoms. The van der Waals surface area contributed by atoms with Gasteiger partial charge in [-0.25, -0.2) is 4.98 Å². The molecule has 2 heterocycles. The standard InChI is InChI=1S/C13H21N3O2/c1-3-18-13(17)11-5-4-7-16(9-11)10-12-14-6-8-15(12)2/h6,8,11H,3-5,7,9-10H2,1-2H3/t11-/m0/s1. The Kier molecular flexibility index (Phi) is 4.36. The highest BCUT2D eigenvalue weighted by Gasteiger charge is 2.27. The van der Waals surface area contributed by atoms with Gasteiger partial charge >= 0.3 is 5.97 Å². The Labute approximate surface area is 108 Å². The van der Waals surface area contributed by atoms with Crippen LogP contribution in [0.1, 0.15) is 25.6 Å². The number of hydrogen-bond acceptors (Lipinski definition) is 4. The van der Waals surface area contributed by atoms with Crippen LogP contribution in [0.2, 0.25) is 0 Å². The van der Waals surface area contributed by atoms with Crippen molar-refractivity contribution in [3.8, 4) is 0 Å². The summed E-state index contributed by atoms with van der Waals surface area (Å²) in [7, 11) is 2.00. The third-order valence-electron chi connectivity index (χ3n) is 3.41. The van der Waals surface area contributed by atoms with Gasteiger partial charge in [-0.3, -0.25) is 9.69 Å². The molecule has 1 aromatic rings. The van der Waals surface area contributed by atoms with Crippen molar-refractivity contribution in [2.75, 3.05) is 19.7 Å². The molecule has 100 valence electrons. The van der Waals surface area contributed by atoms with Crippen LogP contribution in [-0.2, 0) is 23.1 Å². The number of piperidine rings is 1. The number of aromatic nitrogens is 2. The predicted molar refractivity (Wildman–Crippen MR) is 67.8 cm³/mol. The van der Waals surface area contributed by atoms with Crippen molar-refractivity contribution in [3.63, 3.8) is 0 Å². The summed E-state index contributed by atoms with van der Waals surface area (Å²) in [4.78, 5) is 18.3. The Balaban J connectivity index is 1.91. The Bertz CT molecular complexity index is 403. The number of nitrogens with zero attached hydrogens (tertiary/aromatic N) is 3. The van der Waals surface area contributed by atoms with Crippen LogP contribution in [0.4, 0.5) is 0 Å². The molecule has 0 bridgehead atoms. The summed E-state index contributed by atoms with van der Waals surface area (Å²) in [5.74, 6) is 1.01. The number of rotatable bonds is 4. The van der Waals surface area contributed by atoms with Gasteiger partial charge < -0.3 is 9.30 Å². The van der Waals surface area contributed by atoms with Gasteiger partial charge in [-0.1, -0.05) is 0 Å². The topological polar surface area (TPSA) is 47.4 Å². The van der Waals surface area contributed by atoms with Crippen LogP contribution < -0.4 is 0 Å². The predicted octanol–water partition coefficient (Wildman–Crippen LogP) is 1.20. The van der Waals surface area contributed by atoms with Gasteiger partial charge in [-0.2, -0.15) is 0 Å². The monoisotopic (exact) mass is 251 g/mol. The third kappa shape index (κ3) is 3.10. The molecule has 0 N–H and O–H groups in total. The molecular weight excluding hydrogens is 230 g/mol. The maximum Gasteiger partial charge on any atom is 0.310 e. The highest BCUT2D eigenvalue weighted by Crippen LogP contribution is 2.19. The fourth-order valence-corrected chi connectivity index (χ4v) is 2.40. The Morgan fingerprint density at radius 3 is 3.11 bits per heavy atom. The summed E-state index contributed by atoms with van der Waals surface area (Å²) in [6, 6.07) is 0. The largest absolute Gasteiger partial charge is 0.466 e. The van der Waals surface area contributed by atoms with Gasteiger partial charge in [0.25, 0.3) is 0 Å². The van der Waals surface area contributed by atoms with E-state index in [1.54, 1.807) is 0 Å². The zero-order valence-electron chi connectivity index (χ0n) is 11.1. The number of likely N-dealkylation sites (tertiary alicyclic amines) is 1. The van der Waals surface area contributed by atoms with Crippen molar-refractivity contribution in [2.24, 2.45) is 13.0 Å². The lowest BCUT2D eigenvalue weighted by Crippen LogP contribution is -2.39. The van der Waals surface area contributed by atoms with Gasteiger partial charge in [0.05, 0.1) is 19.1 Å². The van der Waals surface area contributed by atoms with E-state index in [0.717, 1.165) is 38.3 Å². The molecule has 0 amide bonds. The van der Waals surface area contributed by atoms with Crippen molar-refractivity contribution in [1.82, 2.24) is 14.5 Å². The van der Waals surface area contributed by atoms with Gasteiger partial charge in [0.1, 0.15) is 5.82 Å². The minimum Gasteiger partial charge on any atom is -0.466 e. The summed E-state index contributed by atoms with van der Waals surface area (Å²) in [6.45, 7) is 4.94. The van der Waals surface area contributed by atoms with Crippen molar-refractivity contribution in [1.29, 1.82) is 0 Å². The second-order valence-electron chi connectivity index (χ2n) is 4.78. The number of carbonyl (C=O) groups is 1. The average molecular weight is 251 g/mol. The molecule has 5 nitrogen and oxygen atoms in total. The van der Waals surface area contributed by atoms with E-state index < -0.39 is 0 Å². The number of carbonyl (C=O) groups excluding carboxylic acids is 1. The first-order valence-electron chi connectivity index (χ1n) is 6.56. The zero-order valence-corrected chi connectivity index (χ0v) is 11.1. The van der Waals surface area contributed by atoms with Crippen molar-refractivity contribution >= 4 is 5.97 Å². The van der Waals surface area contributed by atoms with Gasteiger partial charge in [-0.15, -0.1) is 0 Å². The van der Waals surface area contributed by atoms with E-state index >= 15 is 0 Å². The zero-order chi connectivity index (χ0) is 13.0. The number of imidazole rings is 1. The Hall–Kier alpha value is -1.36. The quantitative estimate of drug-likeness (QED) is 0.754. The molecule has 0 aromatic carbocycles. The maximum absolute atomic E-state index is 11.7. The lowest BCUT2D eigenvalue weighted by Gasteiger charge is -2.31. The molecule has 1 atom stereocenters. The second-order valence-corrected chi connectivity index (χ2v) is 4.78. The number of esters is 1. The molecule has 1 aliphatic heterocycles. The summed E-state index contributed by atoms with van der Waals surface area (Å²) >= 11 is 0. The fraction of sp³-hybridized carbons (Fsp3) is 0.692. The van der Waals surface area contributed by atoms with Crippen LogP contribution in [0.25, 0.3) is 0 Å². The first-order valence-corrected chi connectivity index (χ1v) is 6.56.